The highest BCUT2D eigenvalue weighted by molar-refractivity contribution is 5.78. The van der Waals surface area contributed by atoms with Crippen LogP contribution in [-0.2, 0) is 16.0 Å². The molecule has 2 aliphatic heterocycles. The van der Waals surface area contributed by atoms with Crippen molar-refractivity contribution in [2.75, 3.05) is 32.9 Å². The minimum absolute atomic E-state index is 0.0682. The molecule has 0 aliphatic carbocycles. The Morgan fingerprint density at radius 1 is 1.43 bits per heavy atom. The normalized spacial score (nSPS) is 24.2. The van der Waals surface area contributed by atoms with Gasteiger partial charge in [0.15, 0.2) is 6.61 Å². The highest BCUT2D eigenvalue weighted by Crippen LogP contribution is 2.37. The molecule has 0 saturated carbocycles. The molecule has 0 radical (unpaired) electrons. The maximum atomic E-state index is 12.5. The minimum Gasteiger partial charge on any atom is -0.482 e. The van der Waals surface area contributed by atoms with Crippen molar-refractivity contribution in [1.29, 1.82) is 0 Å². The van der Waals surface area contributed by atoms with Crippen molar-refractivity contribution < 1.29 is 14.3 Å². The Bertz CT molecular complexity index is 567. The van der Waals surface area contributed by atoms with Gasteiger partial charge in [-0.25, -0.2) is 0 Å². The van der Waals surface area contributed by atoms with Crippen molar-refractivity contribution in [1.82, 2.24) is 9.88 Å². The van der Waals surface area contributed by atoms with Crippen LogP contribution in [0.1, 0.15) is 37.6 Å². The molecule has 2 aliphatic rings. The number of aryl methyl sites for hydroxylation is 2. The molecule has 0 bridgehead atoms. The van der Waals surface area contributed by atoms with Gasteiger partial charge in [0, 0.05) is 30.8 Å². The molecule has 1 aromatic heterocycles. The summed E-state index contributed by atoms with van der Waals surface area (Å²) in [5.74, 6) is 0.793. The molecular formula is C18H26N2O3. The average Bonchev–Trinajstić information content (AvgIpc) is 3.00. The van der Waals surface area contributed by atoms with E-state index in [1.165, 1.54) is 6.42 Å². The second-order valence-electron chi connectivity index (χ2n) is 6.76. The fourth-order valence-electron chi connectivity index (χ4n) is 3.61. The molecule has 1 unspecified atom stereocenters. The van der Waals surface area contributed by atoms with E-state index in [4.69, 9.17) is 9.47 Å². The fourth-order valence-corrected chi connectivity index (χ4v) is 3.61. The molecule has 0 aromatic carbocycles. The zero-order valence-corrected chi connectivity index (χ0v) is 14.1. The van der Waals surface area contributed by atoms with Crippen LogP contribution in [0.15, 0.2) is 12.1 Å². The van der Waals surface area contributed by atoms with E-state index in [0.717, 1.165) is 62.7 Å². The van der Waals surface area contributed by atoms with Crippen LogP contribution in [0.2, 0.25) is 0 Å². The number of amides is 1. The van der Waals surface area contributed by atoms with Crippen molar-refractivity contribution >= 4 is 5.91 Å². The zero-order chi connectivity index (χ0) is 16.3. The van der Waals surface area contributed by atoms with E-state index < -0.39 is 0 Å². The highest BCUT2D eigenvalue weighted by atomic mass is 16.5. The summed E-state index contributed by atoms with van der Waals surface area (Å²) >= 11 is 0. The molecule has 5 nitrogen and oxygen atoms in total. The average molecular weight is 318 g/mol. The topological polar surface area (TPSA) is 51.7 Å². The number of carbonyl (C=O) groups is 1. The molecule has 1 aromatic rings. The smallest absolute Gasteiger partial charge is 0.260 e. The fraction of sp³-hybridized carbons (Fsp3) is 0.667. The lowest BCUT2D eigenvalue weighted by Gasteiger charge is -2.39. The van der Waals surface area contributed by atoms with Gasteiger partial charge in [-0.2, -0.15) is 0 Å². The van der Waals surface area contributed by atoms with E-state index in [-0.39, 0.29) is 17.9 Å². The summed E-state index contributed by atoms with van der Waals surface area (Å²) in [5, 5.41) is 0. The van der Waals surface area contributed by atoms with Crippen LogP contribution in [-0.4, -0.2) is 48.7 Å². The van der Waals surface area contributed by atoms with Gasteiger partial charge in [0.2, 0.25) is 0 Å². The van der Waals surface area contributed by atoms with Gasteiger partial charge in [-0.15, -0.1) is 0 Å². The van der Waals surface area contributed by atoms with Crippen molar-refractivity contribution in [3.63, 3.8) is 0 Å². The maximum absolute atomic E-state index is 12.5. The summed E-state index contributed by atoms with van der Waals surface area (Å²) in [6.45, 7) is 7.36. The Hall–Kier alpha value is -1.62. The number of likely N-dealkylation sites (tertiary alicyclic amines) is 1. The van der Waals surface area contributed by atoms with E-state index in [2.05, 4.69) is 4.98 Å². The molecule has 3 rings (SSSR count). The molecule has 2 fully saturated rings. The number of ether oxygens (including phenoxy) is 2. The summed E-state index contributed by atoms with van der Waals surface area (Å²) in [5.41, 5.74) is 2.07. The van der Waals surface area contributed by atoms with E-state index in [9.17, 15) is 4.79 Å². The van der Waals surface area contributed by atoms with Gasteiger partial charge in [0.25, 0.3) is 5.91 Å². The Balaban J connectivity index is 1.59. The first kappa shape index (κ1) is 16.2. The predicted octanol–water partition coefficient (Wildman–Crippen LogP) is 2.36. The third-order valence-corrected chi connectivity index (χ3v) is 4.96. The Kier molecular flexibility index (Phi) is 4.85. The second-order valence-corrected chi connectivity index (χ2v) is 6.76. The van der Waals surface area contributed by atoms with Crippen LogP contribution in [0.5, 0.6) is 5.75 Å². The number of aromatic nitrogens is 1. The summed E-state index contributed by atoms with van der Waals surface area (Å²) in [6.07, 6.45) is 4.09. The number of hydrogen-bond acceptors (Lipinski definition) is 4. The van der Waals surface area contributed by atoms with Crippen LogP contribution >= 0.6 is 0 Å². The molecular weight excluding hydrogens is 292 g/mol. The molecule has 0 N–H and O–H groups in total. The highest BCUT2D eigenvalue weighted by Gasteiger charge is 2.40. The van der Waals surface area contributed by atoms with Crippen LogP contribution in [0.25, 0.3) is 0 Å². The van der Waals surface area contributed by atoms with Gasteiger partial charge in [-0.1, -0.05) is 6.92 Å². The summed E-state index contributed by atoms with van der Waals surface area (Å²) in [7, 11) is 0. The van der Waals surface area contributed by atoms with E-state index >= 15 is 0 Å². The van der Waals surface area contributed by atoms with Gasteiger partial charge in [0.05, 0.1) is 12.3 Å². The molecule has 3 heterocycles. The van der Waals surface area contributed by atoms with Crippen LogP contribution in [0.4, 0.5) is 0 Å². The second kappa shape index (κ2) is 6.87. The first-order chi connectivity index (χ1) is 11.1. The molecule has 1 amide bonds. The predicted molar refractivity (Wildman–Crippen MR) is 87.5 cm³/mol. The number of carbonyl (C=O) groups excluding carboxylic acids is 1. The van der Waals surface area contributed by atoms with E-state index in [1.54, 1.807) is 0 Å². The standard InChI is InChI=1S/C18H26N2O3/c1-3-15-16(6-5-14(2)19-15)23-11-17(21)20-9-4-7-18(12-20)8-10-22-13-18/h5-6H,3-4,7-13H2,1-2H3. The molecule has 5 heteroatoms. The van der Waals surface area contributed by atoms with Crippen molar-refractivity contribution in [2.24, 2.45) is 5.41 Å². The van der Waals surface area contributed by atoms with E-state index in [1.807, 2.05) is 30.9 Å². The molecule has 1 atom stereocenters. The Morgan fingerprint density at radius 3 is 3.04 bits per heavy atom. The molecule has 2 saturated heterocycles. The lowest BCUT2D eigenvalue weighted by atomic mass is 9.79. The summed E-state index contributed by atoms with van der Waals surface area (Å²) < 4.78 is 11.3. The minimum atomic E-state index is 0.0682. The van der Waals surface area contributed by atoms with Crippen molar-refractivity contribution in [3.8, 4) is 5.75 Å². The van der Waals surface area contributed by atoms with Crippen LogP contribution in [0.3, 0.4) is 0 Å². The first-order valence-corrected chi connectivity index (χ1v) is 8.57. The first-order valence-electron chi connectivity index (χ1n) is 8.57. The third-order valence-electron chi connectivity index (χ3n) is 4.96. The monoisotopic (exact) mass is 318 g/mol. The molecule has 126 valence electrons. The maximum Gasteiger partial charge on any atom is 0.260 e. The zero-order valence-electron chi connectivity index (χ0n) is 14.1. The lowest BCUT2D eigenvalue weighted by molar-refractivity contribution is -0.137. The van der Waals surface area contributed by atoms with Gasteiger partial charge in [0.1, 0.15) is 5.75 Å². The number of rotatable bonds is 4. The third kappa shape index (κ3) is 3.66. The molecule has 23 heavy (non-hydrogen) atoms. The largest absolute Gasteiger partial charge is 0.482 e. The summed E-state index contributed by atoms with van der Waals surface area (Å²) in [6, 6.07) is 3.83. The Labute approximate surface area is 138 Å². The van der Waals surface area contributed by atoms with Gasteiger partial charge < -0.3 is 14.4 Å². The van der Waals surface area contributed by atoms with Gasteiger partial charge in [-0.05, 0) is 44.7 Å². The Morgan fingerprint density at radius 2 is 2.30 bits per heavy atom. The molecule has 1 spiro atoms. The number of pyridine rings is 1. The van der Waals surface area contributed by atoms with Crippen LogP contribution in [0, 0.1) is 12.3 Å². The van der Waals surface area contributed by atoms with Crippen molar-refractivity contribution in [2.45, 2.75) is 39.5 Å². The number of hydrogen-bond donors (Lipinski definition) is 0. The van der Waals surface area contributed by atoms with Crippen LogP contribution < -0.4 is 4.74 Å². The SMILES string of the molecule is CCc1nc(C)ccc1OCC(=O)N1CCCC2(CCOC2)C1. The van der Waals surface area contributed by atoms with Crippen molar-refractivity contribution in [3.05, 3.63) is 23.5 Å². The lowest BCUT2D eigenvalue weighted by Crippen LogP contribution is -2.48. The summed E-state index contributed by atoms with van der Waals surface area (Å²) in [4.78, 5) is 18.9. The number of piperidine rings is 1. The van der Waals surface area contributed by atoms with Gasteiger partial charge in [-0.3, -0.25) is 9.78 Å². The van der Waals surface area contributed by atoms with E-state index in [0.29, 0.717) is 0 Å². The van der Waals surface area contributed by atoms with Gasteiger partial charge >= 0.3 is 0 Å². The quantitative estimate of drug-likeness (QED) is 0.855. The number of nitrogens with zero attached hydrogens (tertiary/aromatic N) is 2.